The van der Waals surface area contributed by atoms with Gasteiger partial charge in [-0.15, -0.1) is 0 Å². The number of amides is 1. The van der Waals surface area contributed by atoms with Crippen molar-refractivity contribution in [2.75, 3.05) is 5.32 Å². The van der Waals surface area contributed by atoms with E-state index in [2.05, 4.69) is 22.5 Å². The van der Waals surface area contributed by atoms with Gasteiger partial charge in [0.1, 0.15) is 17.0 Å². The molecular formula is C28H21Cl2N3O4S. The van der Waals surface area contributed by atoms with Gasteiger partial charge < -0.3 is 19.3 Å². The van der Waals surface area contributed by atoms with Crippen LogP contribution in [0.15, 0.2) is 69.5 Å². The Morgan fingerprint density at radius 3 is 2.63 bits per heavy atom. The van der Waals surface area contributed by atoms with Crippen LogP contribution in [-0.4, -0.2) is 21.1 Å². The Kier molecular flexibility index (Phi) is 7.12. The number of aromatic hydroxyl groups is 1. The average molecular weight is 566 g/mol. The predicted octanol–water partition coefficient (Wildman–Crippen LogP) is 7.76. The molecule has 0 radical (unpaired) electrons. The van der Waals surface area contributed by atoms with Crippen molar-refractivity contribution in [1.82, 2.24) is 10.3 Å². The number of nitrogens with one attached hydrogen (secondary N) is 2. The molecule has 3 aromatic carbocycles. The molecule has 0 fully saturated rings. The molecule has 7 nitrogen and oxygen atoms in total. The largest absolute Gasteiger partial charge is 0.507 e. The second-order valence-corrected chi connectivity index (χ2v) is 9.81. The van der Waals surface area contributed by atoms with Crippen LogP contribution in [0.1, 0.15) is 28.6 Å². The second kappa shape index (κ2) is 10.5. The summed E-state index contributed by atoms with van der Waals surface area (Å²) < 4.78 is 11.6. The van der Waals surface area contributed by atoms with Crippen molar-refractivity contribution >= 4 is 63.2 Å². The maximum atomic E-state index is 12.7. The first-order chi connectivity index (χ1) is 18.2. The Balaban J connectivity index is 1.33. The number of aromatic nitrogens is 1. The van der Waals surface area contributed by atoms with Crippen LogP contribution >= 0.6 is 35.4 Å². The summed E-state index contributed by atoms with van der Waals surface area (Å²) in [7, 11) is 0. The van der Waals surface area contributed by atoms with Crippen molar-refractivity contribution in [2.24, 2.45) is 0 Å². The topological polar surface area (TPSA) is 101 Å². The van der Waals surface area contributed by atoms with Gasteiger partial charge in [-0.2, -0.15) is 0 Å². The number of nitrogens with zero attached hydrogens (tertiary/aromatic N) is 1. The molecule has 0 unspecified atom stereocenters. The number of anilines is 1. The van der Waals surface area contributed by atoms with Crippen molar-refractivity contribution in [2.45, 2.75) is 20.3 Å². The zero-order valence-corrected chi connectivity index (χ0v) is 22.6. The number of carbonyl (C=O) groups excluding carboxylic acids is 1. The zero-order chi connectivity index (χ0) is 27.0. The number of thiocarbonyl (C=S) groups is 1. The molecule has 5 rings (SSSR count). The lowest BCUT2D eigenvalue weighted by atomic mass is 10.1. The van der Waals surface area contributed by atoms with Crippen LogP contribution in [0, 0.1) is 6.92 Å². The van der Waals surface area contributed by atoms with E-state index in [1.807, 2.05) is 18.2 Å². The smallest absolute Gasteiger partial charge is 0.293 e. The Morgan fingerprint density at radius 1 is 1.03 bits per heavy atom. The average Bonchev–Trinajstić information content (AvgIpc) is 3.54. The third-order valence-electron chi connectivity index (χ3n) is 5.90. The summed E-state index contributed by atoms with van der Waals surface area (Å²) in [4.78, 5) is 17.3. The molecule has 0 atom stereocenters. The normalized spacial score (nSPS) is 11.1. The maximum absolute atomic E-state index is 12.7. The lowest BCUT2D eigenvalue weighted by molar-refractivity contribution is 0.0951. The lowest BCUT2D eigenvalue weighted by Crippen LogP contribution is -2.33. The van der Waals surface area contributed by atoms with Gasteiger partial charge in [-0.1, -0.05) is 36.2 Å². The standard InChI is InChI=1S/C28H21Cl2N3O4S/c1-3-15-4-7-23-21(11-15)32-27(37-23)19-13-17(10-14(2)25(19)34)31-28(38)33-26(35)24-9-8-22(36-24)18-12-16(29)5-6-20(18)30/h4-13,34H,3H2,1-2H3,(H2,31,33,35,38). The van der Waals surface area contributed by atoms with Crippen LogP contribution in [0.5, 0.6) is 5.75 Å². The highest BCUT2D eigenvalue weighted by molar-refractivity contribution is 7.80. The van der Waals surface area contributed by atoms with E-state index in [-0.39, 0.29) is 22.5 Å². The molecule has 2 aromatic heterocycles. The van der Waals surface area contributed by atoms with Crippen LogP contribution < -0.4 is 10.6 Å². The van der Waals surface area contributed by atoms with Gasteiger partial charge in [-0.05, 0) is 91.3 Å². The first-order valence-electron chi connectivity index (χ1n) is 11.6. The van der Waals surface area contributed by atoms with E-state index in [1.165, 1.54) is 6.07 Å². The third kappa shape index (κ3) is 5.24. The molecule has 2 heterocycles. The van der Waals surface area contributed by atoms with E-state index in [9.17, 15) is 9.90 Å². The number of aryl methyl sites for hydroxylation is 2. The highest BCUT2D eigenvalue weighted by atomic mass is 35.5. The number of fused-ring (bicyclic) bond motifs is 1. The summed E-state index contributed by atoms with van der Waals surface area (Å²) in [6.45, 7) is 3.81. The fourth-order valence-electron chi connectivity index (χ4n) is 3.94. The van der Waals surface area contributed by atoms with Crippen molar-refractivity contribution in [3.8, 4) is 28.5 Å². The van der Waals surface area contributed by atoms with E-state index in [1.54, 1.807) is 43.3 Å². The van der Waals surface area contributed by atoms with Crippen molar-refractivity contribution in [3.05, 3.63) is 87.6 Å². The summed E-state index contributed by atoms with van der Waals surface area (Å²) in [5, 5.41) is 17.2. The molecule has 0 aliphatic heterocycles. The minimum Gasteiger partial charge on any atom is -0.507 e. The molecule has 1 amide bonds. The van der Waals surface area contributed by atoms with E-state index < -0.39 is 5.91 Å². The number of phenols is 1. The molecule has 0 bridgehead atoms. The van der Waals surface area contributed by atoms with Crippen molar-refractivity contribution < 1.29 is 18.7 Å². The van der Waals surface area contributed by atoms with Crippen LogP contribution in [0.2, 0.25) is 10.0 Å². The Labute approximate surface area is 233 Å². The van der Waals surface area contributed by atoms with Crippen LogP contribution in [0.25, 0.3) is 33.9 Å². The Hall–Kier alpha value is -3.85. The molecule has 38 heavy (non-hydrogen) atoms. The number of carbonyl (C=O) groups is 1. The highest BCUT2D eigenvalue weighted by Gasteiger charge is 2.18. The molecule has 0 aliphatic carbocycles. The molecular weight excluding hydrogens is 545 g/mol. The van der Waals surface area contributed by atoms with Crippen LogP contribution in [-0.2, 0) is 6.42 Å². The van der Waals surface area contributed by atoms with Gasteiger partial charge >= 0.3 is 0 Å². The minimum absolute atomic E-state index is 0.0370. The molecule has 0 saturated heterocycles. The van der Waals surface area contributed by atoms with Gasteiger partial charge in [-0.3, -0.25) is 10.1 Å². The first-order valence-corrected chi connectivity index (χ1v) is 12.8. The number of furan rings is 1. The van der Waals surface area contributed by atoms with Crippen LogP contribution in [0.3, 0.4) is 0 Å². The molecule has 3 N–H and O–H groups in total. The van der Waals surface area contributed by atoms with E-state index in [4.69, 9.17) is 44.3 Å². The number of halogens is 2. The Morgan fingerprint density at radius 2 is 1.84 bits per heavy atom. The van der Waals surface area contributed by atoms with E-state index in [0.717, 1.165) is 12.0 Å². The molecule has 192 valence electrons. The van der Waals surface area contributed by atoms with Gasteiger partial charge in [0, 0.05) is 16.3 Å². The van der Waals surface area contributed by atoms with Gasteiger partial charge in [0.05, 0.1) is 10.6 Å². The van der Waals surface area contributed by atoms with Gasteiger partial charge in [-0.25, -0.2) is 4.98 Å². The second-order valence-electron chi connectivity index (χ2n) is 8.56. The summed E-state index contributed by atoms with van der Waals surface area (Å²) >= 11 is 17.6. The number of rotatable bonds is 5. The predicted molar refractivity (Wildman–Crippen MR) is 153 cm³/mol. The monoisotopic (exact) mass is 565 g/mol. The number of benzene rings is 3. The van der Waals surface area contributed by atoms with Gasteiger partial charge in [0.15, 0.2) is 16.5 Å². The summed E-state index contributed by atoms with van der Waals surface area (Å²) in [5.41, 5.74) is 4.52. The van der Waals surface area contributed by atoms with Gasteiger partial charge in [0.25, 0.3) is 5.91 Å². The lowest BCUT2D eigenvalue weighted by Gasteiger charge is -2.12. The molecule has 5 aromatic rings. The molecule has 10 heteroatoms. The first kappa shape index (κ1) is 25.8. The van der Waals surface area contributed by atoms with Crippen molar-refractivity contribution in [1.29, 1.82) is 0 Å². The number of hydrogen-bond acceptors (Lipinski definition) is 6. The van der Waals surface area contributed by atoms with Crippen molar-refractivity contribution in [3.63, 3.8) is 0 Å². The fraction of sp³-hybridized carbons (Fsp3) is 0.107. The maximum Gasteiger partial charge on any atom is 0.293 e. The molecule has 0 saturated carbocycles. The fourth-order valence-corrected chi connectivity index (χ4v) is 4.53. The number of phenolic OH excluding ortho intramolecular Hbond substituents is 1. The SMILES string of the molecule is CCc1ccc2oc(-c3cc(NC(=S)NC(=O)c4ccc(-c5cc(Cl)ccc5Cl)o4)cc(C)c3O)nc2c1. The van der Waals surface area contributed by atoms with E-state index >= 15 is 0 Å². The molecule has 0 aliphatic rings. The quantitative estimate of drug-likeness (QED) is 0.148. The van der Waals surface area contributed by atoms with Gasteiger partial charge in [0.2, 0.25) is 5.89 Å². The molecule has 0 spiro atoms. The number of oxazole rings is 1. The summed E-state index contributed by atoms with van der Waals surface area (Å²) in [6, 6.07) is 17.3. The van der Waals surface area contributed by atoms with Crippen LogP contribution in [0.4, 0.5) is 5.69 Å². The number of hydrogen-bond donors (Lipinski definition) is 3. The summed E-state index contributed by atoms with van der Waals surface area (Å²) in [5.74, 6) is 0.199. The third-order valence-corrected chi connectivity index (χ3v) is 6.67. The zero-order valence-electron chi connectivity index (χ0n) is 20.3. The van der Waals surface area contributed by atoms with E-state index in [0.29, 0.717) is 49.3 Å². The summed E-state index contributed by atoms with van der Waals surface area (Å²) in [6.07, 6.45) is 0.874. The Bertz CT molecular complexity index is 1710. The minimum atomic E-state index is -0.548. The highest BCUT2D eigenvalue weighted by Crippen LogP contribution is 2.36.